The van der Waals surface area contributed by atoms with Crippen LogP contribution in [-0.4, -0.2) is 13.6 Å². The molecule has 0 heterocycles. The molecule has 0 spiro atoms. The molecule has 1 aromatic carbocycles. The molecule has 1 rings (SSSR count). The van der Waals surface area contributed by atoms with Crippen LogP contribution in [0.15, 0.2) is 28.7 Å². The molecule has 0 saturated carbocycles. The van der Waals surface area contributed by atoms with E-state index < -0.39 is 0 Å². The third-order valence-electron chi connectivity index (χ3n) is 1.86. The van der Waals surface area contributed by atoms with Crippen LogP contribution in [0.25, 0.3) is 0 Å². The summed E-state index contributed by atoms with van der Waals surface area (Å²) in [6.45, 7) is 0.623. The Labute approximate surface area is 81.3 Å². The highest BCUT2D eigenvalue weighted by molar-refractivity contribution is 9.10. The van der Waals surface area contributed by atoms with Gasteiger partial charge in [-0.15, -0.1) is 0 Å². The lowest BCUT2D eigenvalue weighted by molar-refractivity contribution is 0.605. The zero-order valence-corrected chi connectivity index (χ0v) is 8.64. The predicted octanol–water partition coefficient (Wildman–Crippen LogP) is 1.67. The predicted molar refractivity (Wildman–Crippen MR) is 55.0 cm³/mol. The van der Waals surface area contributed by atoms with E-state index in [1.54, 1.807) is 0 Å². The SMILES string of the molecule is CNC(CN)c1ccc(Br)cc1. The second-order valence-corrected chi connectivity index (χ2v) is 3.54. The molecule has 3 heteroatoms. The molecule has 2 nitrogen and oxygen atoms in total. The molecular weight excluding hydrogens is 216 g/mol. The number of benzene rings is 1. The van der Waals surface area contributed by atoms with E-state index in [4.69, 9.17) is 5.73 Å². The van der Waals surface area contributed by atoms with Crippen LogP contribution in [-0.2, 0) is 0 Å². The van der Waals surface area contributed by atoms with E-state index in [2.05, 4.69) is 33.4 Å². The highest BCUT2D eigenvalue weighted by Gasteiger charge is 2.04. The van der Waals surface area contributed by atoms with E-state index in [0.717, 1.165) is 4.47 Å². The number of halogens is 1. The van der Waals surface area contributed by atoms with Gasteiger partial charge in [-0.3, -0.25) is 0 Å². The van der Waals surface area contributed by atoms with Gasteiger partial charge in [-0.05, 0) is 24.7 Å². The average Bonchev–Trinajstić information content (AvgIpc) is 2.10. The maximum atomic E-state index is 5.58. The van der Waals surface area contributed by atoms with Crippen molar-refractivity contribution >= 4 is 15.9 Å². The quantitative estimate of drug-likeness (QED) is 0.827. The first-order valence-electron chi connectivity index (χ1n) is 3.90. The van der Waals surface area contributed by atoms with Gasteiger partial charge in [0.1, 0.15) is 0 Å². The number of nitrogens with two attached hydrogens (primary N) is 1. The number of hydrogen-bond acceptors (Lipinski definition) is 2. The van der Waals surface area contributed by atoms with Gasteiger partial charge in [0.2, 0.25) is 0 Å². The topological polar surface area (TPSA) is 38.0 Å². The van der Waals surface area contributed by atoms with Crippen molar-refractivity contribution in [3.63, 3.8) is 0 Å². The Hall–Kier alpha value is -0.380. The van der Waals surface area contributed by atoms with Crippen molar-refractivity contribution in [1.29, 1.82) is 0 Å². The van der Waals surface area contributed by atoms with E-state index >= 15 is 0 Å². The number of nitrogens with one attached hydrogen (secondary N) is 1. The van der Waals surface area contributed by atoms with Crippen LogP contribution in [0, 0.1) is 0 Å². The number of rotatable bonds is 3. The first-order valence-corrected chi connectivity index (χ1v) is 4.70. The van der Waals surface area contributed by atoms with Gasteiger partial charge in [-0.25, -0.2) is 0 Å². The third-order valence-corrected chi connectivity index (χ3v) is 2.39. The smallest absolute Gasteiger partial charge is 0.0442 e. The third kappa shape index (κ3) is 2.30. The zero-order chi connectivity index (χ0) is 8.97. The molecule has 0 saturated heterocycles. The maximum absolute atomic E-state index is 5.58. The lowest BCUT2D eigenvalue weighted by Crippen LogP contribution is -2.24. The number of hydrogen-bond donors (Lipinski definition) is 2. The molecule has 3 N–H and O–H groups in total. The molecule has 0 radical (unpaired) electrons. The average molecular weight is 229 g/mol. The molecule has 0 aliphatic heterocycles. The summed E-state index contributed by atoms with van der Waals surface area (Å²) in [5, 5.41) is 3.15. The Bertz CT molecular complexity index is 229. The van der Waals surface area contributed by atoms with Crippen LogP contribution in [0.2, 0.25) is 0 Å². The van der Waals surface area contributed by atoms with E-state index in [9.17, 15) is 0 Å². The minimum atomic E-state index is 0.262. The molecule has 1 unspecified atom stereocenters. The van der Waals surface area contributed by atoms with Crippen LogP contribution in [0.5, 0.6) is 0 Å². The second kappa shape index (κ2) is 4.60. The highest BCUT2D eigenvalue weighted by Crippen LogP contribution is 2.15. The zero-order valence-electron chi connectivity index (χ0n) is 7.05. The van der Waals surface area contributed by atoms with Gasteiger partial charge in [-0.1, -0.05) is 28.1 Å². The lowest BCUT2D eigenvalue weighted by atomic mass is 10.1. The molecule has 0 aliphatic carbocycles. The van der Waals surface area contributed by atoms with Crippen molar-refractivity contribution < 1.29 is 0 Å². The summed E-state index contributed by atoms with van der Waals surface area (Å²) in [6, 6.07) is 8.44. The Balaban J connectivity index is 2.80. The molecule has 0 aliphatic rings. The van der Waals surface area contributed by atoms with Gasteiger partial charge in [0.25, 0.3) is 0 Å². The first kappa shape index (κ1) is 9.71. The van der Waals surface area contributed by atoms with Gasteiger partial charge in [-0.2, -0.15) is 0 Å². The molecule has 1 aromatic rings. The summed E-state index contributed by atoms with van der Waals surface area (Å²) in [7, 11) is 1.92. The molecular formula is C9H13BrN2. The highest BCUT2D eigenvalue weighted by atomic mass is 79.9. The molecule has 0 amide bonds. The van der Waals surface area contributed by atoms with Gasteiger partial charge in [0.05, 0.1) is 0 Å². The monoisotopic (exact) mass is 228 g/mol. The molecule has 0 fully saturated rings. The minimum Gasteiger partial charge on any atom is -0.329 e. The van der Waals surface area contributed by atoms with Crippen molar-refractivity contribution in [3.8, 4) is 0 Å². The molecule has 0 aromatic heterocycles. The van der Waals surface area contributed by atoms with Gasteiger partial charge < -0.3 is 11.1 Å². The Kier molecular flexibility index (Phi) is 3.72. The fourth-order valence-corrected chi connectivity index (χ4v) is 1.38. The van der Waals surface area contributed by atoms with Crippen LogP contribution in [0.4, 0.5) is 0 Å². The summed E-state index contributed by atoms with van der Waals surface area (Å²) >= 11 is 3.39. The normalized spacial score (nSPS) is 12.9. The molecule has 66 valence electrons. The van der Waals surface area contributed by atoms with Gasteiger partial charge in [0, 0.05) is 17.1 Å². The summed E-state index contributed by atoms with van der Waals surface area (Å²) in [5.41, 5.74) is 6.80. The second-order valence-electron chi connectivity index (χ2n) is 2.63. The van der Waals surface area contributed by atoms with Gasteiger partial charge in [0.15, 0.2) is 0 Å². The fraction of sp³-hybridized carbons (Fsp3) is 0.333. The Morgan fingerprint density at radius 3 is 2.42 bits per heavy atom. The van der Waals surface area contributed by atoms with Crippen molar-refractivity contribution in [2.45, 2.75) is 6.04 Å². The summed E-state index contributed by atoms with van der Waals surface area (Å²) in [6.07, 6.45) is 0. The van der Waals surface area contributed by atoms with Crippen molar-refractivity contribution in [3.05, 3.63) is 34.3 Å². The Morgan fingerprint density at radius 1 is 1.42 bits per heavy atom. The largest absolute Gasteiger partial charge is 0.329 e. The Morgan fingerprint density at radius 2 is 2.00 bits per heavy atom. The van der Waals surface area contributed by atoms with E-state index in [1.165, 1.54) is 5.56 Å². The van der Waals surface area contributed by atoms with Crippen LogP contribution < -0.4 is 11.1 Å². The van der Waals surface area contributed by atoms with E-state index in [1.807, 2.05) is 19.2 Å². The lowest BCUT2D eigenvalue weighted by Gasteiger charge is -2.13. The summed E-state index contributed by atoms with van der Waals surface area (Å²) < 4.78 is 1.10. The standard InChI is InChI=1S/C9H13BrN2/c1-12-9(6-11)7-2-4-8(10)5-3-7/h2-5,9,12H,6,11H2,1H3. The van der Waals surface area contributed by atoms with Crippen LogP contribution in [0.3, 0.4) is 0 Å². The van der Waals surface area contributed by atoms with Crippen LogP contribution >= 0.6 is 15.9 Å². The van der Waals surface area contributed by atoms with Gasteiger partial charge >= 0.3 is 0 Å². The fourth-order valence-electron chi connectivity index (χ4n) is 1.12. The van der Waals surface area contributed by atoms with Crippen molar-refractivity contribution in [2.75, 3.05) is 13.6 Å². The summed E-state index contributed by atoms with van der Waals surface area (Å²) in [5.74, 6) is 0. The van der Waals surface area contributed by atoms with Crippen molar-refractivity contribution in [1.82, 2.24) is 5.32 Å². The van der Waals surface area contributed by atoms with Crippen LogP contribution in [0.1, 0.15) is 11.6 Å². The number of likely N-dealkylation sites (N-methyl/N-ethyl adjacent to an activating group) is 1. The molecule has 1 atom stereocenters. The first-order chi connectivity index (χ1) is 5.77. The maximum Gasteiger partial charge on any atom is 0.0442 e. The molecule has 12 heavy (non-hydrogen) atoms. The minimum absolute atomic E-state index is 0.262. The summed E-state index contributed by atoms with van der Waals surface area (Å²) in [4.78, 5) is 0. The van der Waals surface area contributed by atoms with E-state index in [0.29, 0.717) is 6.54 Å². The van der Waals surface area contributed by atoms with Crippen molar-refractivity contribution in [2.24, 2.45) is 5.73 Å². The van der Waals surface area contributed by atoms with E-state index in [-0.39, 0.29) is 6.04 Å². The molecule has 0 bridgehead atoms.